The summed E-state index contributed by atoms with van der Waals surface area (Å²) in [6.07, 6.45) is -2.89. The molecule has 5 atom stereocenters. The van der Waals surface area contributed by atoms with Crippen molar-refractivity contribution in [2.24, 2.45) is 7.05 Å². The van der Waals surface area contributed by atoms with Gasteiger partial charge in [0.15, 0.2) is 0 Å². The van der Waals surface area contributed by atoms with E-state index in [1.807, 2.05) is 35.9 Å². The highest BCUT2D eigenvalue weighted by molar-refractivity contribution is 5.91. The number of H-pyrrole nitrogens is 1. The number of hydrogen-bond donors (Lipinski definition) is 5. The van der Waals surface area contributed by atoms with Crippen LogP contribution in [0.5, 0.6) is 0 Å². The Kier molecular flexibility index (Phi) is 5.17. The van der Waals surface area contributed by atoms with Crippen molar-refractivity contribution in [3.05, 3.63) is 48.4 Å². The molecule has 0 spiro atoms. The smallest absolute Gasteiger partial charge is 0.147 e. The van der Waals surface area contributed by atoms with Crippen LogP contribution >= 0.6 is 0 Å². The lowest BCUT2D eigenvalue weighted by Gasteiger charge is -2.37. The molecule has 0 radical (unpaired) electrons. The molecule has 1 aliphatic rings. The molecule has 3 heterocycles. The van der Waals surface area contributed by atoms with Crippen LogP contribution in [0.3, 0.4) is 0 Å². The third-order valence-electron chi connectivity index (χ3n) is 5.85. The Bertz CT molecular complexity index is 1350. The van der Waals surface area contributed by atoms with E-state index in [1.165, 1.54) is 0 Å². The lowest BCUT2D eigenvalue weighted by molar-refractivity contribution is -0.214. The van der Waals surface area contributed by atoms with E-state index in [2.05, 4.69) is 33.1 Å². The highest BCUT2D eigenvalue weighted by Crippen LogP contribution is 2.29. The van der Waals surface area contributed by atoms with Crippen LogP contribution in [0.15, 0.2) is 42.9 Å². The van der Waals surface area contributed by atoms with Crippen LogP contribution in [-0.2, 0) is 11.8 Å². The van der Waals surface area contributed by atoms with Crippen molar-refractivity contribution in [3.63, 3.8) is 0 Å². The normalized spacial score (nSPS) is 25.7. The van der Waals surface area contributed by atoms with E-state index in [4.69, 9.17) is 4.74 Å². The second-order valence-electron chi connectivity index (χ2n) is 7.94. The van der Waals surface area contributed by atoms with E-state index >= 15 is 0 Å². The molecule has 164 valence electrons. The fraction of sp³-hybridized carbons (Fsp3) is 0.304. The van der Waals surface area contributed by atoms with Gasteiger partial charge in [-0.2, -0.15) is 5.10 Å². The molecule has 4 unspecified atom stereocenters. The number of hydrogen-bond acceptors (Lipinski definition) is 7. The van der Waals surface area contributed by atoms with Crippen LogP contribution in [-0.4, -0.2) is 77.3 Å². The quantitative estimate of drug-likeness (QED) is 0.287. The topological polar surface area (TPSA) is 137 Å². The maximum Gasteiger partial charge on any atom is 0.147 e. The van der Waals surface area contributed by atoms with Crippen molar-refractivity contribution in [1.82, 2.24) is 19.7 Å². The standard InChI is InChI=1S/C23H22N4O5/c1-27-11-24-16-4-2-12(8-17(16)27)14-6-13(20-15(7-14)9-25-26-20)3-5-18-21(29)23(31)22(30)19(10-28)32-18/h2,4,6-9,11,18-19,21-23,28-31H,10H2,1H3,(H,25,26)/t18?,19?,21?,22-,23?/m1/s1. The number of aromatic nitrogens is 4. The fourth-order valence-corrected chi connectivity index (χ4v) is 4.00. The Hall–Kier alpha value is -3.26. The number of aliphatic hydroxyl groups is 4. The van der Waals surface area contributed by atoms with Gasteiger partial charge in [0.2, 0.25) is 0 Å². The van der Waals surface area contributed by atoms with Crippen LogP contribution in [0.2, 0.25) is 0 Å². The van der Waals surface area contributed by atoms with E-state index in [1.54, 1.807) is 12.5 Å². The highest BCUT2D eigenvalue weighted by atomic mass is 16.5. The maximum atomic E-state index is 10.3. The maximum absolute atomic E-state index is 10.3. The van der Waals surface area contributed by atoms with Crippen LogP contribution in [0, 0.1) is 11.8 Å². The predicted octanol–water partition coefficient (Wildman–Crippen LogP) is 0.310. The molecule has 5 rings (SSSR count). The summed E-state index contributed by atoms with van der Waals surface area (Å²) >= 11 is 0. The third kappa shape index (κ3) is 3.44. The van der Waals surface area contributed by atoms with Crippen LogP contribution in [0.1, 0.15) is 5.56 Å². The molecule has 1 aliphatic heterocycles. The third-order valence-corrected chi connectivity index (χ3v) is 5.85. The largest absolute Gasteiger partial charge is 0.394 e. The second-order valence-corrected chi connectivity index (χ2v) is 7.94. The molecule has 32 heavy (non-hydrogen) atoms. The number of nitrogens with zero attached hydrogens (tertiary/aromatic N) is 3. The molecule has 2 aromatic carbocycles. The molecule has 9 heteroatoms. The molecule has 2 aromatic heterocycles. The summed E-state index contributed by atoms with van der Waals surface area (Å²) in [6, 6.07) is 9.93. The van der Waals surface area contributed by atoms with Crippen LogP contribution in [0.4, 0.5) is 0 Å². The zero-order valence-electron chi connectivity index (χ0n) is 17.2. The van der Waals surface area contributed by atoms with Crippen molar-refractivity contribution in [3.8, 4) is 23.0 Å². The van der Waals surface area contributed by atoms with Crippen LogP contribution < -0.4 is 0 Å². The molecule has 0 amide bonds. The molecule has 9 nitrogen and oxygen atoms in total. The summed E-state index contributed by atoms with van der Waals surface area (Å²) in [5, 5.41) is 47.5. The van der Waals surface area contributed by atoms with Gasteiger partial charge in [0.1, 0.15) is 30.5 Å². The highest BCUT2D eigenvalue weighted by Gasteiger charge is 2.42. The number of aromatic amines is 1. The first kappa shape index (κ1) is 20.6. The van der Waals surface area contributed by atoms with Gasteiger partial charge in [-0.15, -0.1) is 0 Å². The molecule has 1 saturated heterocycles. The van der Waals surface area contributed by atoms with Gasteiger partial charge in [0, 0.05) is 12.4 Å². The number of benzene rings is 2. The summed E-state index contributed by atoms with van der Waals surface area (Å²) in [6.45, 7) is -0.500. The van der Waals surface area contributed by atoms with Gasteiger partial charge in [0.05, 0.1) is 41.2 Å². The van der Waals surface area contributed by atoms with Crippen molar-refractivity contribution in [1.29, 1.82) is 0 Å². The molecule has 0 aliphatic carbocycles. The Labute approximate surface area is 182 Å². The number of ether oxygens (including phenoxy) is 1. The molecule has 0 saturated carbocycles. The van der Waals surface area contributed by atoms with Gasteiger partial charge in [-0.3, -0.25) is 5.10 Å². The van der Waals surface area contributed by atoms with Crippen LogP contribution in [0.25, 0.3) is 33.1 Å². The monoisotopic (exact) mass is 434 g/mol. The van der Waals surface area contributed by atoms with Gasteiger partial charge in [-0.25, -0.2) is 4.98 Å². The molecule has 0 bridgehead atoms. The number of aryl methyl sites for hydroxylation is 1. The average molecular weight is 434 g/mol. The number of imidazole rings is 1. The first-order valence-corrected chi connectivity index (χ1v) is 10.2. The number of rotatable bonds is 2. The summed E-state index contributed by atoms with van der Waals surface area (Å²) < 4.78 is 7.45. The van der Waals surface area contributed by atoms with Crippen molar-refractivity contribution in [2.75, 3.05) is 6.61 Å². The first-order valence-electron chi connectivity index (χ1n) is 10.2. The van der Waals surface area contributed by atoms with E-state index in [0.29, 0.717) is 5.56 Å². The van der Waals surface area contributed by atoms with Gasteiger partial charge >= 0.3 is 0 Å². The Morgan fingerprint density at radius 3 is 2.75 bits per heavy atom. The number of nitrogens with one attached hydrogen (secondary N) is 1. The summed E-state index contributed by atoms with van der Waals surface area (Å²) in [5.41, 5.74) is 5.19. The molecular weight excluding hydrogens is 412 g/mol. The molecule has 5 N–H and O–H groups in total. The average Bonchev–Trinajstić information content (AvgIpc) is 3.43. The van der Waals surface area contributed by atoms with Crippen molar-refractivity contribution >= 4 is 21.9 Å². The zero-order chi connectivity index (χ0) is 22.4. The van der Waals surface area contributed by atoms with E-state index < -0.39 is 37.1 Å². The van der Waals surface area contributed by atoms with Gasteiger partial charge < -0.3 is 29.7 Å². The van der Waals surface area contributed by atoms with Crippen molar-refractivity contribution in [2.45, 2.75) is 30.5 Å². The van der Waals surface area contributed by atoms with Gasteiger partial charge in [-0.05, 0) is 35.4 Å². The minimum absolute atomic E-state index is 0.500. The Morgan fingerprint density at radius 2 is 1.94 bits per heavy atom. The van der Waals surface area contributed by atoms with Crippen molar-refractivity contribution < 1.29 is 25.2 Å². The SMILES string of the molecule is Cn1cnc2ccc(-c3cc(C#CC4OC(CO)[C@@H](O)C(O)C4O)c4[nH]ncc4c3)cc21. The minimum atomic E-state index is -1.47. The lowest BCUT2D eigenvalue weighted by atomic mass is 9.95. The van der Waals surface area contributed by atoms with E-state index in [9.17, 15) is 20.4 Å². The van der Waals surface area contributed by atoms with E-state index in [-0.39, 0.29) is 0 Å². The number of aliphatic hydroxyl groups excluding tert-OH is 4. The molecular formula is C23H22N4O5. The predicted molar refractivity (Wildman–Crippen MR) is 116 cm³/mol. The minimum Gasteiger partial charge on any atom is -0.394 e. The first-order chi connectivity index (χ1) is 15.5. The van der Waals surface area contributed by atoms with Gasteiger partial charge in [-0.1, -0.05) is 17.9 Å². The summed E-state index contributed by atoms with van der Waals surface area (Å²) in [7, 11) is 1.94. The number of fused-ring (bicyclic) bond motifs is 2. The molecule has 1 fully saturated rings. The Balaban J connectivity index is 1.55. The van der Waals surface area contributed by atoms with E-state index in [0.717, 1.165) is 33.1 Å². The summed E-state index contributed by atoms with van der Waals surface area (Å²) in [5.74, 6) is 5.84. The molecule has 4 aromatic rings. The second kappa shape index (κ2) is 8.02. The Morgan fingerprint density at radius 1 is 1.09 bits per heavy atom. The van der Waals surface area contributed by atoms with Gasteiger partial charge in [0.25, 0.3) is 0 Å². The lowest BCUT2D eigenvalue weighted by Crippen LogP contribution is -2.58. The fourth-order valence-electron chi connectivity index (χ4n) is 4.00. The zero-order valence-corrected chi connectivity index (χ0v) is 17.2. The summed E-state index contributed by atoms with van der Waals surface area (Å²) in [4.78, 5) is 4.36.